The molecule has 126 valence electrons. The van der Waals surface area contributed by atoms with Gasteiger partial charge in [-0.25, -0.2) is 4.39 Å². The fourth-order valence-electron chi connectivity index (χ4n) is 3.39. The van der Waals surface area contributed by atoms with E-state index in [1.54, 1.807) is 12.1 Å². The van der Waals surface area contributed by atoms with E-state index in [-0.39, 0.29) is 17.8 Å². The average molecular weight is 320 g/mol. The van der Waals surface area contributed by atoms with Crippen LogP contribution in [0.2, 0.25) is 0 Å². The van der Waals surface area contributed by atoms with Crippen molar-refractivity contribution < 1.29 is 13.9 Å². The second-order valence-electron chi connectivity index (χ2n) is 6.64. The van der Waals surface area contributed by atoms with Gasteiger partial charge in [0, 0.05) is 31.7 Å². The molecule has 0 radical (unpaired) electrons. The van der Waals surface area contributed by atoms with Crippen molar-refractivity contribution in [3.05, 3.63) is 35.6 Å². The molecule has 0 bridgehead atoms. The second kappa shape index (κ2) is 7.41. The zero-order chi connectivity index (χ0) is 16.2. The van der Waals surface area contributed by atoms with Crippen LogP contribution in [0.5, 0.6) is 0 Å². The van der Waals surface area contributed by atoms with Crippen LogP contribution in [0.25, 0.3) is 0 Å². The van der Waals surface area contributed by atoms with E-state index in [0.717, 1.165) is 38.8 Å². The molecule has 0 aromatic heterocycles. The van der Waals surface area contributed by atoms with Crippen LogP contribution in [0.15, 0.2) is 24.3 Å². The van der Waals surface area contributed by atoms with Gasteiger partial charge in [0.1, 0.15) is 5.82 Å². The van der Waals surface area contributed by atoms with Gasteiger partial charge in [-0.15, -0.1) is 0 Å². The predicted octanol–water partition coefficient (Wildman–Crippen LogP) is 2.54. The largest absolute Gasteiger partial charge is 0.375 e. The summed E-state index contributed by atoms with van der Waals surface area (Å²) in [5, 5.41) is 0. The number of piperidine rings is 2. The van der Waals surface area contributed by atoms with E-state index < -0.39 is 0 Å². The lowest BCUT2D eigenvalue weighted by Gasteiger charge is -2.36. The Morgan fingerprint density at radius 2 is 1.70 bits per heavy atom. The highest BCUT2D eigenvalue weighted by molar-refractivity contribution is 5.94. The minimum absolute atomic E-state index is 0.0813. The molecule has 2 heterocycles. The first-order valence-electron chi connectivity index (χ1n) is 8.50. The molecule has 2 fully saturated rings. The van der Waals surface area contributed by atoms with Crippen LogP contribution in [0, 0.1) is 5.82 Å². The van der Waals surface area contributed by atoms with Crippen molar-refractivity contribution in [3.8, 4) is 0 Å². The Morgan fingerprint density at radius 1 is 1.09 bits per heavy atom. The van der Waals surface area contributed by atoms with E-state index >= 15 is 0 Å². The van der Waals surface area contributed by atoms with Crippen LogP contribution in [-0.4, -0.2) is 61.1 Å². The quantitative estimate of drug-likeness (QED) is 0.858. The Kier molecular flexibility index (Phi) is 5.28. The molecule has 3 rings (SSSR count). The Bertz CT molecular complexity index is 536. The molecule has 4 nitrogen and oxygen atoms in total. The molecule has 1 amide bonds. The molecule has 0 saturated carbocycles. The number of ether oxygens (including phenoxy) is 1. The van der Waals surface area contributed by atoms with Crippen molar-refractivity contribution in [1.82, 2.24) is 9.80 Å². The number of carbonyl (C=O) groups excluding carboxylic acids is 1. The molecule has 0 atom stereocenters. The van der Waals surface area contributed by atoms with Gasteiger partial charge in [-0.1, -0.05) is 6.07 Å². The van der Waals surface area contributed by atoms with E-state index in [1.165, 1.54) is 12.1 Å². The summed E-state index contributed by atoms with van der Waals surface area (Å²) in [5.41, 5.74) is 0.430. The van der Waals surface area contributed by atoms with Gasteiger partial charge >= 0.3 is 0 Å². The number of nitrogens with zero attached hydrogens (tertiary/aromatic N) is 2. The number of likely N-dealkylation sites (tertiary alicyclic amines) is 2. The van der Waals surface area contributed by atoms with Crippen LogP contribution in [0.3, 0.4) is 0 Å². The SMILES string of the molecule is CN1CCC(OC2CCN(C(=O)c3cccc(F)c3)CC2)CC1. The smallest absolute Gasteiger partial charge is 0.253 e. The molecular formula is C18H25FN2O2. The highest BCUT2D eigenvalue weighted by atomic mass is 19.1. The number of amides is 1. The van der Waals surface area contributed by atoms with E-state index in [1.807, 2.05) is 4.90 Å². The van der Waals surface area contributed by atoms with Crippen molar-refractivity contribution in [2.24, 2.45) is 0 Å². The van der Waals surface area contributed by atoms with Gasteiger partial charge < -0.3 is 14.5 Å². The minimum atomic E-state index is -0.365. The molecule has 2 aliphatic rings. The average Bonchev–Trinajstić information content (AvgIpc) is 2.57. The molecule has 0 spiro atoms. The summed E-state index contributed by atoms with van der Waals surface area (Å²) >= 11 is 0. The van der Waals surface area contributed by atoms with E-state index in [9.17, 15) is 9.18 Å². The van der Waals surface area contributed by atoms with Crippen molar-refractivity contribution in [2.45, 2.75) is 37.9 Å². The number of benzene rings is 1. The van der Waals surface area contributed by atoms with Gasteiger partial charge in [-0.3, -0.25) is 4.79 Å². The van der Waals surface area contributed by atoms with Crippen LogP contribution < -0.4 is 0 Å². The number of carbonyl (C=O) groups is 1. The first-order chi connectivity index (χ1) is 11.1. The highest BCUT2D eigenvalue weighted by Gasteiger charge is 2.27. The topological polar surface area (TPSA) is 32.8 Å². The van der Waals surface area contributed by atoms with Crippen molar-refractivity contribution in [1.29, 1.82) is 0 Å². The van der Waals surface area contributed by atoms with Crippen molar-refractivity contribution >= 4 is 5.91 Å². The summed E-state index contributed by atoms with van der Waals surface area (Å²) in [7, 11) is 2.15. The van der Waals surface area contributed by atoms with E-state index in [0.29, 0.717) is 24.8 Å². The zero-order valence-corrected chi connectivity index (χ0v) is 13.7. The third-order valence-electron chi connectivity index (χ3n) is 4.85. The Labute approximate surface area is 137 Å². The van der Waals surface area contributed by atoms with Crippen LogP contribution in [0.1, 0.15) is 36.0 Å². The molecule has 5 heteroatoms. The lowest BCUT2D eigenvalue weighted by molar-refractivity contribution is -0.0599. The van der Waals surface area contributed by atoms with Crippen LogP contribution in [0.4, 0.5) is 4.39 Å². The van der Waals surface area contributed by atoms with Gasteiger partial charge in [0.15, 0.2) is 0 Å². The van der Waals surface area contributed by atoms with Crippen LogP contribution >= 0.6 is 0 Å². The molecule has 0 aliphatic carbocycles. The molecule has 2 aliphatic heterocycles. The number of halogens is 1. The predicted molar refractivity (Wildman–Crippen MR) is 86.9 cm³/mol. The number of rotatable bonds is 3. The summed E-state index contributed by atoms with van der Waals surface area (Å²) in [5.74, 6) is -0.446. The maximum atomic E-state index is 13.3. The Morgan fingerprint density at radius 3 is 2.30 bits per heavy atom. The summed E-state index contributed by atoms with van der Waals surface area (Å²) < 4.78 is 19.5. The first-order valence-corrected chi connectivity index (χ1v) is 8.50. The third kappa shape index (κ3) is 4.30. The fraction of sp³-hybridized carbons (Fsp3) is 0.611. The molecule has 0 N–H and O–H groups in total. The Balaban J connectivity index is 1.47. The van der Waals surface area contributed by atoms with E-state index in [4.69, 9.17) is 4.74 Å². The fourth-order valence-corrected chi connectivity index (χ4v) is 3.39. The summed E-state index contributed by atoms with van der Waals surface area (Å²) in [6.07, 6.45) is 4.54. The molecular weight excluding hydrogens is 295 g/mol. The van der Waals surface area contributed by atoms with Gasteiger partial charge in [0.25, 0.3) is 5.91 Å². The van der Waals surface area contributed by atoms with E-state index in [2.05, 4.69) is 11.9 Å². The summed E-state index contributed by atoms with van der Waals surface area (Å²) in [6, 6.07) is 5.92. The monoisotopic (exact) mass is 320 g/mol. The van der Waals surface area contributed by atoms with Gasteiger partial charge in [-0.05, 0) is 50.9 Å². The van der Waals surface area contributed by atoms with Gasteiger partial charge in [-0.2, -0.15) is 0 Å². The minimum Gasteiger partial charge on any atom is -0.375 e. The molecule has 2 saturated heterocycles. The maximum absolute atomic E-state index is 13.3. The molecule has 23 heavy (non-hydrogen) atoms. The third-order valence-corrected chi connectivity index (χ3v) is 4.85. The standard InChI is InChI=1S/C18H25FN2O2/c1-20-9-5-16(6-10-20)23-17-7-11-21(12-8-17)18(22)14-3-2-4-15(19)13-14/h2-4,13,16-17H,5-12H2,1H3. The van der Waals surface area contributed by atoms with Crippen molar-refractivity contribution in [2.75, 3.05) is 33.2 Å². The molecule has 1 aromatic rings. The van der Waals surface area contributed by atoms with Crippen molar-refractivity contribution in [3.63, 3.8) is 0 Å². The van der Waals surface area contributed by atoms with Gasteiger partial charge in [0.2, 0.25) is 0 Å². The zero-order valence-electron chi connectivity index (χ0n) is 13.7. The normalized spacial score (nSPS) is 21.6. The molecule has 1 aromatic carbocycles. The number of hydrogen-bond donors (Lipinski definition) is 0. The summed E-state index contributed by atoms with van der Waals surface area (Å²) in [4.78, 5) is 16.5. The Hall–Kier alpha value is -1.46. The summed E-state index contributed by atoms with van der Waals surface area (Å²) in [6.45, 7) is 3.57. The maximum Gasteiger partial charge on any atom is 0.253 e. The second-order valence-corrected chi connectivity index (χ2v) is 6.64. The molecule has 0 unspecified atom stereocenters. The van der Waals surface area contributed by atoms with Gasteiger partial charge in [0.05, 0.1) is 12.2 Å². The van der Waals surface area contributed by atoms with Crippen LogP contribution in [-0.2, 0) is 4.74 Å². The number of hydrogen-bond acceptors (Lipinski definition) is 3. The lowest BCUT2D eigenvalue weighted by Crippen LogP contribution is -2.43. The first kappa shape index (κ1) is 16.4. The lowest BCUT2D eigenvalue weighted by atomic mass is 10.0. The highest BCUT2D eigenvalue weighted by Crippen LogP contribution is 2.21.